The molecule has 1 aliphatic heterocycles. The summed E-state index contributed by atoms with van der Waals surface area (Å²) in [4.78, 5) is 12.0. The number of benzene rings is 1. The molecule has 110 valence electrons. The third kappa shape index (κ3) is 2.80. The van der Waals surface area contributed by atoms with Crippen molar-refractivity contribution in [3.05, 3.63) is 29.8 Å². The first-order chi connectivity index (χ1) is 9.53. The summed E-state index contributed by atoms with van der Waals surface area (Å²) < 4.78 is 16.4. The number of hydrogen-bond donors (Lipinski definition) is 0. The van der Waals surface area contributed by atoms with Crippen LogP contribution in [0.4, 0.5) is 0 Å². The van der Waals surface area contributed by atoms with Crippen LogP contribution in [-0.2, 0) is 14.3 Å². The van der Waals surface area contributed by atoms with Crippen LogP contribution in [0.5, 0.6) is 5.75 Å². The summed E-state index contributed by atoms with van der Waals surface area (Å²) in [6, 6.07) is 7.70. The standard InChI is InChI=1S/C16H22O4/c1-5-16(15(17)18-6-2)14(20-16)12-7-9-13(10-8-12)19-11(3)4/h7-11,14H,5-6H2,1-4H3/t14-,16-/m0/s1. The molecule has 1 aromatic rings. The largest absolute Gasteiger partial charge is 0.491 e. The molecule has 0 N–H and O–H groups in total. The SMILES string of the molecule is CCOC(=O)[C@@]1(CC)O[C@H]1c1ccc(OC(C)C)cc1. The second-order valence-corrected chi connectivity index (χ2v) is 5.20. The molecule has 0 amide bonds. The third-order valence-corrected chi connectivity index (χ3v) is 3.40. The number of carbonyl (C=O) groups excluding carboxylic acids is 1. The highest BCUT2D eigenvalue weighted by Crippen LogP contribution is 2.52. The van der Waals surface area contributed by atoms with Crippen LogP contribution in [-0.4, -0.2) is 24.3 Å². The van der Waals surface area contributed by atoms with Crippen LogP contribution in [0.15, 0.2) is 24.3 Å². The minimum Gasteiger partial charge on any atom is -0.491 e. The summed E-state index contributed by atoms with van der Waals surface area (Å²) in [5.41, 5.74) is 0.187. The first kappa shape index (κ1) is 14.9. The topological polar surface area (TPSA) is 48.1 Å². The summed E-state index contributed by atoms with van der Waals surface area (Å²) in [6.45, 7) is 8.09. The van der Waals surface area contributed by atoms with Crippen LogP contribution in [0.1, 0.15) is 45.8 Å². The number of esters is 1. The Balaban J connectivity index is 2.08. The van der Waals surface area contributed by atoms with Crippen molar-refractivity contribution in [2.24, 2.45) is 0 Å². The van der Waals surface area contributed by atoms with Gasteiger partial charge >= 0.3 is 5.97 Å². The third-order valence-electron chi connectivity index (χ3n) is 3.40. The van der Waals surface area contributed by atoms with Gasteiger partial charge < -0.3 is 14.2 Å². The minimum absolute atomic E-state index is 0.146. The zero-order valence-corrected chi connectivity index (χ0v) is 12.5. The van der Waals surface area contributed by atoms with Gasteiger partial charge in [-0.25, -0.2) is 4.79 Å². The molecule has 1 aromatic carbocycles. The number of epoxide rings is 1. The van der Waals surface area contributed by atoms with E-state index >= 15 is 0 Å². The quantitative estimate of drug-likeness (QED) is 0.592. The van der Waals surface area contributed by atoms with Crippen molar-refractivity contribution in [3.8, 4) is 5.75 Å². The second-order valence-electron chi connectivity index (χ2n) is 5.20. The average molecular weight is 278 g/mol. The predicted molar refractivity (Wildman–Crippen MR) is 75.7 cm³/mol. The lowest BCUT2D eigenvalue weighted by molar-refractivity contribution is -0.149. The number of hydrogen-bond acceptors (Lipinski definition) is 4. The van der Waals surface area contributed by atoms with E-state index in [0.29, 0.717) is 13.0 Å². The molecular formula is C16H22O4. The molecule has 0 spiro atoms. The molecule has 0 saturated carbocycles. The Hall–Kier alpha value is -1.55. The van der Waals surface area contributed by atoms with Gasteiger partial charge in [-0.15, -0.1) is 0 Å². The van der Waals surface area contributed by atoms with Crippen molar-refractivity contribution in [2.75, 3.05) is 6.61 Å². The molecule has 0 aromatic heterocycles. The summed E-state index contributed by atoms with van der Waals surface area (Å²) in [5.74, 6) is 0.553. The van der Waals surface area contributed by atoms with Gasteiger partial charge in [0, 0.05) is 0 Å². The summed E-state index contributed by atoms with van der Waals surface area (Å²) in [7, 11) is 0. The fraction of sp³-hybridized carbons (Fsp3) is 0.562. The predicted octanol–water partition coefficient (Wildman–Crippen LogP) is 3.26. The van der Waals surface area contributed by atoms with Crippen molar-refractivity contribution in [1.82, 2.24) is 0 Å². The van der Waals surface area contributed by atoms with E-state index in [1.165, 1.54) is 0 Å². The van der Waals surface area contributed by atoms with Gasteiger partial charge in [-0.3, -0.25) is 0 Å². The lowest BCUT2D eigenvalue weighted by atomic mass is 9.97. The molecule has 20 heavy (non-hydrogen) atoms. The van der Waals surface area contributed by atoms with Gasteiger partial charge in [0.15, 0.2) is 5.60 Å². The summed E-state index contributed by atoms with van der Waals surface area (Å²) >= 11 is 0. The molecule has 4 heteroatoms. The Morgan fingerprint density at radius 3 is 2.45 bits per heavy atom. The number of rotatable bonds is 6. The normalized spacial score (nSPS) is 24.6. The minimum atomic E-state index is -0.795. The average Bonchev–Trinajstić information content (AvgIpc) is 3.15. The van der Waals surface area contributed by atoms with E-state index in [1.54, 1.807) is 6.92 Å². The lowest BCUT2D eigenvalue weighted by Gasteiger charge is -2.11. The van der Waals surface area contributed by atoms with E-state index in [1.807, 2.05) is 45.0 Å². The Morgan fingerprint density at radius 1 is 1.30 bits per heavy atom. The fourth-order valence-electron chi connectivity index (χ4n) is 2.33. The van der Waals surface area contributed by atoms with E-state index in [9.17, 15) is 4.79 Å². The van der Waals surface area contributed by atoms with Crippen molar-refractivity contribution in [1.29, 1.82) is 0 Å². The molecule has 1 heterocycles. The van der Waals surface area contributed by atoms with Crippen molar-refractivity contribution in [2.45, 2.75) is 51.9 Å². The van der Waals surface area contributed by atoms with Gasteiger partial charge in [0.05, 0.1) is 12.7 Å². The fourth-order valence-corrected chi connectivity index (χ4v) is 2.33. The molecule has 2 rings (SSSR count). The summed E-state index contributed by atoms with van der Waals surface area (Å²) in [5, 5.41) is 0. The number of ether oxygens (including phenoxy) is 3. The molecule has 2 atom stereocenters. The van der Waals surface area contributed by atoms with Gasteiger partial charge in [-0.05, 0) is 44.9 Å². The Labute approximate surface area is 120 Å². The molecule has 1 fully saturated rings. The van der Waals surface area contributed by atoms with Crippen molar-refractivity contribution < 1.29 is 19.0 Å². The van der Waals surface area contributed by atoms with Crippen LogP contribution in [0.3, 0.4) is 0 Å². The van der Waals surface area contributed by atoms with Gasteiger partial charge in [0.2, 0.25) is 0 Å². The first-order valence-electron chi connectivity index (χ1n) is 7.15. The van der Waals surface area contributed by atoms with E-state index < -0.39 is 5.60 Å². The van der Waals surface area contributed by atoms with Crippen LogP contribution < -0.4 is 4.74 Å². The number of carbonyl (C=O) groups is 1. The molecule has 0 aliphatic carbocycles. The van der Waals surface area contributed by atoms with Gasteiger partial charge in [0.25, 0.3) is 0 Å². The Morgan fingerprint density at radius 2 is 1.95 bits per heavy atom. The zero-order chi connectivity index (χ0) is 14.8. The van der Waals surface area contributed by atoms with Crippen LogP contribution in [0, 0.1) is 0 Å². The smallest absolute Gasteiger partial charge is 0.341 e. The molecule has 4 nitrogen and oxygen atoms in total. The highest BCUT2D eigenvalue weighted by molar-refractivity contribution is 5.83. The Kier molecular flexibility index (Phi) is 4.33. The van der Waals surface area contributed by atoms with Crippen LogP contribution >= 0.6 is 0 Å². The molecule has 1 saturated heterocycles. The van der Waals surface area contributed by atoms with E-state index in [2.05, 4.69) is 0 Å². The molecule has 0 radical (unpaired) electrons. The second kappa shape index (κ2) is 5.83. The maximum atomic E-state index is 12.0. The highest BCUT2D eigenvalue weighted by Gasteiger charge is 2.63. The molecule has 1 aliphatic rings. The van der Waals surface area contributed by atoms with Gasteiger partial charge in [-0.2, -0.15) is 0 Å². The van der Waals surface area contributed by atoms with E-state index in [-0.39, 0.29) is 18.2 Å². The zero-order valence-electron chi connectivity index (χ0n) is 12.5. The van der Waals surface area contributed by atoms with Crippen molar-refractivity contribution in [3.63, 3.8) is 0 Å². The molecular weight excluding hydrogens is 256 g/mol. The lowest BCUT2D eigenvalue weighted by Crippen LogP contribution is -2.27. The maximum Gasteiger partial charge on any atom is 0.341 e. The summed E-state index contributed by atoms with van der Waals surface area (Å²) in [6.07, 6.45) is 0.549. The monoisotopic (exact) mass is 278 g/mol. The van der Waals surface area contributed by atoms with Gasteiger partial charge in [0.1, 0.15) is 11.9 Å². The van der Waals surface area contributed by atoms with Crippen LogP contribution in [0.25, 0.3) is 0 Å². The highest BCUT2D eigenvalue weighted by atomic mass is 16.7. The maximum absolute atomic E-state index is 12.0. The van der Waals surface area contributed by atoms with Gasteiger partial charge in [-0.1, -0.05) is 19.1 Å². The first-order valence-corrected chi connectivity index (χ1v) is 7.15. The van der Waals surface area contributed by atoms with E-state index in [4.69, 9.17) is 14.2 Å². The molecule has 0 bridgehead atoms. The van der Waals surface area contributed by atoms with E-state index in [0.717, 1.165) is 11.3 Å². The molecule has 0 unspecified atom stereocenters. The van der Waals surface area contributed by atoms with Crippen molar-refractivity contribution >= 4 is 5.97 Å². The Bertz CT molecular complexity index is 466. The van der Waals surface area contributed by atoms with Crippen LogP contribution in [0.2, 0.25) is 0 Å².